The lowest BCUT2D eigenvalue weighted by atomic mass is 10.4. The molecular weight excluding hydrogens is 315 g/mol. The highest BCUT2D eigenvalue weighted by Crippen LogP contribution is 2.15. The van der Waals surface area contributed by atoms with Crippen molar-refractivity contribution < 1.29 is 22.7 Å². The summed E-state index contributed by atoms with van der Waals surface area (Å²) in [6, 6.07) is 1.84. The molecule has 0 spiro atoms. The molecule has 10 heteroatoms. The van der Waals surface area contributed by atoms with Gasteiger partial charge in [0.1, 0.15) is 13.3 Å². The Morgan fingerprint density at radius 3 is 2.83 bits per heavy atom. The SMILES string of the molecule is Cc1ccn(CCC(=O)Nc2cnn(COCC(F)(F)F)c2)n1. The monoisotopic (exact) mass is 331 g/mol. The van der Waals surface area contributed by atoms with Crippen molar-refractivity contribution in [2.24, 2.45) is 0 Å². The molecule has 1 N–H and O–H groups in total. The third-order valence-electron chi connectivity index (χ3n) is 2.75. The smallest absolute Gasteiger partial charge is 0.350 e. The highest BCUT2D eigenvalue weighted by molar-refractivity contribution is 5.90. The largest absolute Gasteiger partial charge is 0.411 e. The van der Waals surface area contributed by atoms with Crippen LogP contribution in [0.2, 0.25) is 0 Å². The van der Waals surface area contributed by atoms with Crippen LogP contribution >= 0.6 is 0 Å². The molecule has 0 saturated carbocycles. The van der Waals surface area contributed by atoms with E-state index in [1.807, 2.05) is 13.0 Å². The van der Waals surface area contributed by atoms with E-state index in [1.165, 1.54) is 12.4 Å². The molecule has 2 aromatic rings. The Morgan fingerprint density at radius 1 is 1.39 bits per heavy atom. The Bertz CT molecular complexity index is 650. The first-order valence-corrected chi connectivity index (χ1v) is 6.79. The molecule has 0 fully saturated rings. The lowest BCUT2D eigenvalue weighted by Crippen LogP contribution is -2.18. The molecular formula is C13H16F3N5O2. The number of rotatable bonds is 7. The van der Waals surface area contributed by atoms with E-state index in [4.69, 9.17) is 0 Å². The fourth-order valence-corrected chi connectivity index (χ4v) is 1.78. The molecule has 0 aliphatic rings. The minimum atomic E-state index is -4.38. The van der Waals surface area contributed by atoms with E-state index >= 15 is 0 Å². The van der Waals surface area contributed by atoms with E-state index < -0.39 is 12.8 Å². The fraction of sp³-hybridized carbons (Fsp3) is 0.462. The highest BCUT2D eigenvalue weighted by atomic mass is 19.4. The first-order chi connectivity index (χ1) is 10.8. The summed E-state index contributed by atoms with van der Waals surface area (Å²) in [5.41, 5.74) is 1.26. The van der Waals surface area contributed by atoms with Crippen molar-refractivity contribution in [1.29, 1.82) is 0 Å². The maximum absolute atomic E-state index is 11.9. The van der Waals surface area contributed by atoms with Gasteiger partial charge in [-0.15, -0.1) is 0 Å². The van der Waals surface area contributed by atoms with Crippen LogP contribution in [0.25, 0.3) is 0 Å². The summed E-state index contributed by atoms with van der Waals surface area (Å²) in [5, 5.41) is 10.6. The van der Waals surface area contributed by atoms with Crippen LogP contribution in [0, 0.1) is 6.92 Å². The van der Waals surface area contributed by atoms with Crippen LogP contribution in [0.4, 0.5) is 18.9 Å². The number of nitrogens with one attached hydrogen (secondary N) is 1. The number of amides is 1. The van der Waals surface area contributed by atoms with Crippen LogP contribution < -0.4 is 5.32 Å². The Labute approximate surface area is 130 Å². The summed E-state index contributed by atoms with van der Waals surface area (Å²) >= 11 is 0. The van der Waals surface area contributed by atoms with Gasteiger partial charge >= 0.3 is 6.18 Å². The topological polar surface area (TPSA) is 74.0 Å². The quantitative estimate of drug-likeness (QED) is 0.842. The summed E-state index contributed by atoms with van der Waals surface area (Å²) < 4.78 is 43.1. The standard InChI is InChI=1S/C13H16F3N5O2/c1-10-2-4-20(19-10)5-3-12(22)18-11-6-17-21(7-11)9-23-8-13(14,15)16/h2,4,6-7H,3,5,8-9H2,1H3,(H,18,22). The number of ether oxygens (including phenoxy) is 1. The van der Waals surface area contributed by atoms with E-state index in [1.54, 1.807) is 10.9 Å². The third kappa shape index (κ3) is 6.10. The van der Waals surface area contributed by atoms with E-state index in [0.29, 0.717) is 12.2 Å². The average molecular weight is 331 g/mol. The third-order valence-corrected chi connectivity index (χ3v) is 2.75. The Morgan fingerprint density at radius 2 is 2.17 bits per heavy atom. The molecule has 126 valence electrons. The number of hydrogen-bond donors (Lipinski definition) is 1. The number of aryl methyl sites for hydroxylation is 2. The van der Waals surface area contributed by atoms with E-state index in [9.17, 15) is 18.0 Å². The zero-order valence-corrected chi connectivity index (χ0v) is 12.4. The number of halogens is 3. The maximum Gasteiger partial charge on any atom is 0.411 e. The minimum Gasteiger partial charge on any atom is -0.350 e. The summed E-state index contributed by atoms with van der Waals surface area (Å²) in [4.78, 5) is 11.8. The number of carbonyl (C=O) groups is 1. The number of aromatic nitrogens is 4. The zero-order valence-electron chi connectivity index (χ0n) is 12.4. The van der Waals surface area contributed by atoms with E-state index in [-0.39, 0.29) is 19.1 Å². The van der Waals surface area contributed by atoms with Crippen molar-refractivity contribution in [3.63, 3.8) is 0 Å². The molecule has 0 aliphatic carbocycles. The fourth-order valence-electron chi connectivity index (χ4n) is 1.78. The minimum absolute atomic E-state index is 0.219. The van der Waals surface area contributed by atoms with Crippen LogP contribution in [-0.4, -0.2) is 38.3 Å². The van der Waals surface area contributed by atoms with Crippen LogP contribution in [0.3, 0.4) is 0 Å². The van der Waals surface area contributed by atoms with Gasteiger partial charge < -0.3 is 10.1 Å². The first kappa shape index (κ1) is 17.0. The van der Waals surface area contributed by atoms with Gasteiger partial charge in [-0.1, -0.05) is 0 Å². The van der Waals surface area contributed by atoms with Gasteiger partial charge in [0.05, 0.1) is 23.8 Å². The van der Waals surface area contributed by atoms with E-state index in [0.717, 1.165) is 10.4 Å². The van der Waals surface area contributed by atoms with E-state index in [2.05, 4.69) is 20.3 Å². The lowest BCUT2D eigenvalue weighted by Gasteiger charge is -2.07. The van der Waals surface area contributed by atoms with Gasteiger partial charge in [-0.25, -0.2) is 4.68 Å². The maximum atomic E-state index is 11.9. The lowest BCUT2D eigenvalue weighted by molar-refractivity contribution is -0.182. The zero-order chi connectivity index (χ0) is 16.9. The Balaban J connectivity index is 1.73. The molecule has 0 aromatic carbocycles. The average Bonchev–Trinajstić information content (AvgIpc) is 3.04. The van der Waals surface area contributed by atoms with Crippen molar-refractivity contribution in [1.82, 2.24) is 19.6 Å². The normalized spacial score (nSPS) is 11.7. The number of hydrogen-bond acceptors (Lipinski definition) is 4. The molecule has 0 saturated heterocycles. The van der Waals surface area contributed by atoms with Gasteiger partial charge in [-0.2, -0.15) is 23.4 Å². The number of nitrogens with zero attached hydrogens (tertiary/aromatic N) is 4. The van der Waals surface area contributed by atoms with Crippen molar-refractivity contribution in [3.05, 3.63) is 30.4 Å². The summed E-state index contributed by atoms with van der Waals surface area (Å²) in [6.07, 6.45) is 0.351. The Hall–Kier alpha value is -2.36. The predicted molar refractivity (Wildman–Crippen MR) is 74.4 cm³/mol. The second kappa shape index (κ2) is 7.27. The molecule has 2 rings (SSSR count). The molecule has 0 aliphatic heterocycles. The van der Waals surface area contributed by atoms with Gasteiger partial charge in [0.15, 0.2) is 0 Å². The van der Waals surface area contributed by atoms with Crippen LogP contribution in [0.5, 0.6) is 0 Å². The second-order valence-electron chi connectivity index (χ2n) is 4.88. The molecule has 23 heavy (non-hydrogen) atoms. The molecule has 0 radical (unpaired) electrons. The first-order valence-electron chi connectivity index (χ1n) is 6.79. The molecule has 1 amide bonds. The Kier molecular flexibility index (Phi) is 5.37. The van der Waals surface area contributed by atoms with Crippen molar-refractivity contribution >= 4 is 11.6 Å². The number of carbonyl (C=O) groups excluding carboxylic acids is 1. The van der Waals surface area contributed by atoms with Gasteiger partial charge in [0, 0.05) is 19.2 Å². The number of anilines is 1. The van der Waals surface area contributed by atoms with Crippen molar-refractivity contribution in [2.45, 2.75) is 32.8 Å². The van der Waals surface area contributed by atoms with Gasteiger partial charge in [-0.3, -0.25) is 9.48 Å². The second-order valence-corrected chi connectivity index (χ2v) is 4.88. The molecule has 0 atom stereocenters. The van der Waals surface area contributed by atoms with Gasteiger partial charge in [-0.05, 0) is 13.0 Å². The van der Waals surface area contributed by atoms with Gasteiger partial charge in [0.25, 0.3) is 0 Å². The van der Waals surface area contributed by atoms with Crippen molar-refractivity contribution in [2.75, 3.05) is 11.9 Å². The summed E-state index contributed by atoms with van der Waals surface area (Å²) in [7, 11) is 0. The molecule has 0 bridgehead atoms. The summed E-state index contributed by atoms with van der Waals surface area (Å²) in [5.74, 6) is -0.242. The van der Waals surface area contributed by atoms with Crippen LogP contribution in [-0.2, 0) is 22.8 Å². The van der Waals surface area contributed by atoms with Gasteiger partial charge in [0.2, 0.25) is 5.91 Å². The molecule has 2 aromatic heterocycles. The van der Waals surface area contributed by atoms with Crippen molar-refractivity contribution in [3.8, 4) is 0 Å². The predicted octanol–water partition coefficient (Wildman–Crippen LogP) is 1.95. The molecule has 0 unspecified atom stereocenters. The highest BCUT2D eigenvalue weighted by Gasteiger charge is 2.27. The van der Waals surface area contributed by atoms with Crippen LogP contribution in [0.15, 0.2) is 24.7 Å². The number of alkyl halides is 3. The summed E-state index contributed by atoms with van der Waals surface area (Å²) in [6.45, 7) is 0.591. The molecule has 2 heterocycles. The van der Waals surface area contributed by atoms with Crippen LogP contribution in [0.1, 0.15) is 12.1 Å². The molecule has 7 nitrogen and oxygen atoms in total.